The van der Waals surface area contributed by atoms with Crippen molar-refractivity contribution in [3.63, 3.8) is 0 Å². The molecule has 1 unspecified atom stereocenters. The fourth-order valence-electron chi connectivity index (χ4n) is 1.97. The van der Waals surface area contributed by atoms with Gasteiger partial charge in [0.25, 0.3) is 0 Å². The van der Waals surface area contributed by atoms with Crippen LogP contribution in [0.3, 0.4) is 0 Å². The molecular formula is C16H18FNS. The van der Waals surface area contributed by atoms with Gasteiger partial charge in [-0.1, -0.05) is 24.3 Å². The van der Waals surface area contributed by atoms with Crippen LogP contribution in [0.1, 0.15) is 22.7 Å². The van der Waals surface area contributed by atoms with E-state index >= 15 is 0 Å². The molecule has 0 aliphatic heterocycles. The van der Waals surface area contributed by atoms with Crippen molar-refractivity contribution in [3.05, 3.63) is 65.0 Å². The molecule has 2 N–H and O–H groups in total. The van der Waals surface area contributed by atoms with Crippen molar-refractivity contribution in [2.24, 2.45) is 5.73 Å². The molecule has 0 saturated heterocycles. The highest BCUT2D eigenvalue weighted by Crippen LogP contribution is 2.26. The molecule has 0 aliphatic rings. The van der Waals surface area contributed by atoms with E-state index in [1.807, 2.05) is 25.1 Å². The van der Waals surface area contributed by atoms with Gasteiger partial charge in [-0.2, -0.15) is 0 Å². The molecule has 0 aromatic heterocycles. The average molecular weight is 275 g/mol. The maximum absolute atomic E-state index is 13.4. The second-order valence-electron chi connectivity index (χ2n) is 4.74. The Hall–Kier alpha value is -1.32. The Morgan fingerprint density at radius 3 is 2.58 bits per heavy atom. The van der Waals surface area contributed by atoms with Gasteiger partial charge in [-0.25, -0.2) is 4.39 Å². The summed E-state index contributed by atoms with van der Waals surface area (Å²) in [4.78, 5) is 1.23. The van der Waals surface area contributed by atoms with Crippen LogP contribution >= 0.6 is 11.8 Å². The summed E-state index contributed by atoms with van der Waals surface area (Å²) in [5.41, 5.74) is 9.16. The minimum atomic E-state index is -0.216. The van der Waals surface area contributed by atoms with Crippen LogP contribution < -0.4 is 5.73 Å². The summed E-state index contributed by atoms with van der Waals surface area (Å²) in [6.07, 6.45) is 0. The van der Waals surface area contributed by atoms with E-state index in [0.717, 1.165) is 16.9 Å². The van der Waals surface area contributed by atoms with E-state index in [2.05, 4.69) is 19.1 Å². The van der Waals surface area contributed by atoms with Crippen LogP contribution in [0, 0.1) is 19.7 Å². The number of benzene rings is 2. The molecule has 1 atom stereocenters. The van der Waals surface area contributed by atoms with Crippen molar-refractivity contribution in [1.29, 1.82) is 0 Å². The van der Waals surface area contributed by atoms with Gasteiger partial charge in [0, 0.05) is 16.7 Å². The number of aryl methyl sites for hydroxylation is 2. The predicted octanol–water partition coefficient (Wildman–Crippen LogP) is 4.23. The van der Waals surface area contributed by atoms with Gasteiger partial charge in [0.05, 0.1) is 0 Å². The quantitative estimate of drug-likeness (QED) is 0.845. The van der Waals surface area contributed by atoms with Crippen LogP contribution in [-0.2, 0) is 0 Å². The van der Waals surface area contributed by atoms with E-state index in [1.165, 1.54) is 22.6 Å². The van der Waals surface area contributed by atoms with Crippen LogP contribution in [0.15, 0.2) is 47.4 Å². The Labute approximate surface area is 118 Å². The minimum absolute atomic E-state index is 0.154. The molecule has 0 radical (unpaired) electrons. The third-order valence-electron chi connectivity index (χ3n) is 3.00. The molecule has 2 aromatic carbocycles. The molecule has 0 saturated carbocycles. The van der Waals surface area contributed by atoms with Crippen LogP contribution in [0.5, 0.6) is 0 Å². The molecule has 0 aliphatic carbocycles. The lowest BCUT2D eigenvalue weighted by atomic mass is 10.1. The first-order valence-electron chi connectivity index (χ1n) is 6.27. The molecule has 3 heteroatoms. The standard InChI is InChI=1S/C16H18FNS/c1-11-7-13(9-14(17)8-11)15(18)10-19-16-6-4-3-5-12(16)2/h3-9,15H,10,18H2,1-2H3. The SMILES string of the molecule is Cc1cc(F)cc(C(N)CSc2ccccc2C)c1. The van der Waals surface area contributed by atoms with Crippen molar-refractivity contribution in [1.82, 2.24) is 0 Å². The normalized spacial score (nSPS) is 12.4. The van der Waals surface area contributed by atoms with E-state index in [-0.39, 0.29) is 11.9 Å². The zero-order valence-electron chi connectivity index (χ0n) is 11.2. The van der Waals surface area contributed by atoms with Gasteiger partial charge in [-0.15, -0.1) is 11.8 Å². The minimum Gasteiger partial charge on any atom is -0.323 e. The molecule has 19 heavy (non-hydrogen) atoms. The Morgan fingerprint density at radius 2 is 1.89 bits per heavy atom. The molecule has 0 spiro atoms. The summed E-state index contributed by atoms with van der Waals surface area (Å²) < 4.78 is 13.4. The van der Waals surface area contributed by atoms with Crippen LogP contribution in [0.4, 0.5) is 4.39 Å². The lowest BCUT2D eigenvalue weighted by Crippen LogP contribution is -2.13. The van der Waals surface area contributed by atoms with Crippen LogP contribution in [0.25, 0.3) is 0 Å². The summed E-state index contributed by atoms with van der Waals surface area (Å²) in [5, 5.41) is 0. The Kier molecular flexibility index (Phi) is 4.61. The number of hydrogen-bond donors (Lipinski definition) is 1. The van der Waals surface area contributed by atoms with E-state index in [4.69, 9.17) is 5.73 Å². The summed E-state index contributed by atoms with van der Waals surface area (Å²) >= 11 is 1.71. The molecule has 0 heterocycles. The molecule has 100 valence electrons. The van der Waals surface area contributed by atoms with Gasteiger partial charge in [0.15, 0.2) is 0 Å². The van der Waals surface area contributed by atoms with Crippen molar-refractivity contribution >= 4 is 11.8 Å². The number of rotatable bonds is 4. The monoisotopic (exact) mass is 275 g/mol. The molecule has 1 nitrogen and oxygen atoms in total. The highest BCUT2D eigenvalue weighted by atomic mass is 32.2. The van der Waals surface area contributed by atoms with Crippen LogP contribution in [-0.4, -0.2) is 5.75 Å². The molecular weight excluding hydrogens is 257 g/mol. The zero-order valence-corrected chi connectivity index (χ0v) is 12.0. The van der Waals surface area contributed by atoms with Gasteiger partial charge in [0.1, 0.15) is 5.82 Å². The van der Waals surface area contributed by atoms with E-state index in [9.17, 15) is 4.39 Å². The number of halogens is 1. The maximum atomic E-state index is 13.4. The fourth-order valence-corrected chi connectivity index (χ4v) is 2.99. The Bertz CT molecular complexity index is 548. The van der Waals surface area contributed by atoms with Crippen LogP contribution in [0.2, 0.25) is 0 Å². The van der Waals surface area contributed by atoms with Gasteiger partial charge in [-0.3, -0.25) is 0 Å². The molecule has 0 amide bonds. The third kappa shape index (κ3) is 3.82. The largest absolute Gasteiger partial charge is 0.323 e. The third-order valence-corrected chi connectivity index (χ3v) is 4.30. The highest BCUT2D eigenvalue weighted by Gasteiger charge is 2.09. The lowest BCUT2D eigenvalue weighted by Gasteiger charge is -2.13. The van der Waals surface area contributed by atoms with Gasteiger partial charge >= 0.3 is 0 Å². The number of nitrogens with two attached hydrogens (primary N) is 1. The first kappa shape index (κ1) is 14.1. The van der Waals surface area contributed by atoms with Crippen molar-refractivity contribution < 1.29 is 4.39 Å². The first-order valence-corrected chi connectivity index (χ1v) is 7.26. The molecule has 2 aromatic rings. The van der Waals surface area contributed by atoms with Crippen molar-refractivity contribution in [2.45, 2.75) is 24.8 Å². The fraction of sp³-hybridized carbons (Fsp3) is 0.250. The topological polar surface area (TPSA) is 26.0 Å². The summed E-state index contributed by atoms with van der Waals surface area (Å²) in [6.45, 7) is 3.97. The van der Waals surface area contributed by atoms with E-state index < -0.39 is 0 Å². The summed E-state index contributed by atoms with van der Waals surface area (Å²) in [7, 11) is 0. The molecule has 2 rings (SSSR count). The predicted molar refractivity (Wildman–Crippen MR) is 80.0 cm³/mol. The zero-order chi connectivity index (χ0) is 13.8. The average Bonchev–Trinajstić information content (AvgIpc) is 2.36. The first-order chi connectivity index (χ1) is 9.06. The van der Waals surface area contributed by atoms with E-state index in [0.29, 0.717) is 0 Å². The second kappa shape index (κ2) is 6.22. The number of thioether (sulfide) groups is 1. The second-order valence-corrected chi connectivity index (χ2v) is 5.81. The number of hydrogen-bond acceptors (Lipinski definition) is 2. The highest BCUT2D eigenvalue weighted by molar-refractivity contribution is 7.99. The summed E-state index contributed by atoms with van der Waals surface area (Å²) in [5.74, 6) is 0.527. The maximum Gasteiger partial charge on any atom is 0.123 e. The summed E-state index contributed by atoms with van der Waals surface area (Å²) in [6, 6.07) is 13.1. The lowest BCUT2D eigenvalue weighted by molar-refractivity contribution is 0.621. The van der Waals surface area contributed by atoms with Gasteiger partial charge < -0.3 is 5.73 Å². The smallest absolute Gasteiger partial charge is 0.123 e. The van der Waals surface area contributed by atoms with Gasteiger partial charge in [0.2, 0.25) is 0 Å². The van der Waals surface area contributed by atoms with E-state index in [1.54, 1.807) is 11.8 Å². The molecule has 0 fully saturated rings. The Morgan fingerprint density at radius 1 is 1.16 bits per heavy atom. The Balaban J connectivity index is 2.05. The van der Waals surface area contributed by atoms with Gasteiger partial charge in [-0.05, 0) is 48.7 Å². The molecule has 0 bridgehead atoms. The van der Waals surface area contributed by atoms with Crippen molar-refractivity contribution in [2.75, 3.05) is 5.75 Å². The van der Waals surface area contributed by atoms with Crippen molar-refractivity contribution in [3.8, 4) is 0 Å².